The van der Waals surface area contributed by atoms with Gasteiger partial charge in [0.1, 0.15) is 5.75 Å². The van der Waals surface area contributed by atoms with Gasteiger partial charge >= 0.3 is 0 Å². The van der Waals surface area contributed by atoms with E-state index >= 15 is 0 Å². The van der Waals surface area contributed by atoms with Crippen molar-refractivity contribution in [3.05, 3.63) is 57.0 Å². The third kappa shape index (κ3) is 3.69. The maximum atomic E-state index is 8.92. The predicted octanol–water partition coefficient (Wildman–Crippen LogP) is 5.16. The van der Waals surface area contributed by atoms with Crippen LogP contribution in [-0.2, 0) is 0 Å². The molecule has 0 radical (unpaired) electrons. The smallest absolute Gasteiger partial charge is 0.143 e. The molecular weight excluding hydrogens is 352 g/mol. The Morgan fingerprint density at radius 3 is 2.67 bits per heavy atom. The Morgan fingerprint density at radius 2 is 2.05 bits per heavy atom. The molecule has 0 saturated heterocycles. The lowest BCUT2D eigenvalue weighted by Crippen LogP contribution is -2.08. The Bertz CT molecular complexity index is 697. The summed E-state index contributed by atoms with van der Waals surface area (Å²) in [5, 5.41) is 13.0. The molecule has 0 saturated carbocycles. The van der Waals surface area contributed by atoms with Crippen molar-refractivity contribution < 1.29 is 4.74 Å². The lowest BCUT2D eigenvalue weighted by Gasteiger charge is -2.19. The van der Waals surface area contributed by atoms with E-state index in [0.29, 0.717) is 16.3 Å². The first-order chi connectivity index (χ1) is 10.0. The molecule has 0 fully saturated rings. The number of nitriles is 1. The van der Waals surface area contributed by atoms with Crippen LogP contribution in [0.25, 0.3) is 0 Å². The van der Waals surface area contributed by atoms with Gasteiger partial charge in [0.15, 0.2) is 0 Å². The molecule has 0 bridgehead atoms. The third-order valence-corrected chi connectivity index (χ3v) is 3.95. The molecule has 0 aliphatic carbocycles. The zero-order valence-corrected chi connectivity index (χ0v) is 14.0. The Morgan fingerprint density at radius 1 is 1.29 bits per heavy atom. The van der Waals surface area contributed by atoms with Crippen LogP contribution in [0, 0.1) is 11.3 Å². The van der Waals surface area contributed by atoms with E-state index in [9.17, 15) is 0 Å². The summed E-state index contributed by atoms with van der Waals surface area (Å²) >= 11 is 9.66. The van der Waals surface area contributed by atoms with Gasteiger partial charge in [-0.3, -0.25) is 0 Å². The quantitative estimate of drug-likeness (QED) is 0.814. The van der Waals surface area contributed by atoms with Gasteiger partial charge in [0.2, 0.25) is 0 Å². The normalized spacial score (nSPS) is 11.6. The van der Waals surface area contributed by atoms with Gasteiger partial charge in [-0.1, -0.05) is 33.6 Å². The van der Waals surface area contributed by atoms with Crippen molar-refractivity contribution in [1.29, 1.82) is 5.26 Å². The third-order valence-electron chi connectivity index (χ3n) is 3.13. The van der Waals surface area contributed by atoms with E-state index in [-0.39, 0.29) is 6.04 Å². The first-order valence-corrected chi connectivity index (χ1v) is 7.52. The molecule has 2 aromatic carbocycles. The number of hydrogen-bond donors (Lipinski definition) is 1. The number of methoxy groups -OCH3 is 1. The lowest BCUT2D eigenvalue weighted by atomic mass is 10.1. The number of rotatable bonds is 4. The number of ether oxygens (including phenoxy) is 1. The second-order valence-electron chi connectivity index (χ2n) is 4.56. The molecule has 2 aromatic rings. The van der Waals surface area contributed by atoms with Crippen LogP contribution in [0.15, 0.2) is 40.9 Å². The van der Waals surface area contributed by atoms with E-state index in [0.717, 1.165) is 15.7 Å². The SMILES string of the molecule is COc1cc(C#N)ccc1NC(C)c1ccc(Br)cc1Cl. The van der Waals surface area contributed by atoms with Gasteiger partial charge < -0.3 is 10.1 Å². The summed E-state index contributed by atoms with van der Waals surface area (Å²) in [5.41, 5.74) is 2.38. The van der Waals surface area contributed by atoms with Crippen molar-refractivity contribution in [2.24, 2.45) is 0 Å². The topological polar surface area (TPSA) is 45.0 Å². The fourth-order valence-corrected chi connectivity index (χ4v) is 2.88. The molecule has 0 spiro atoms. The molecule has 0 amide bonds. The van der Waals surface area contributed by atoms with Gasteiger partial charge in [-0.05, 0) is 36.8 Å². The summed E-state index contributed by atoms with van der Waals surface area (Å²) in [6, 6.07) is 13.2. The van der Waals surface area contributed by atoms with Crippen LogP contribution in [0.4, 0.5) is 5.69 Å². The van der Waals surface area contributed by atoms with Crippen molar-refractivity contribution in [3.63, 3.8) is 0 Å². The highest BCUT2D eigenvalue weighted by atomic mass is 79.9. The Hall–Kier alpha value is -1.70. The number of halogens is 2. The molecule has 0 aromatic heterocycles. The van der Waals surface area contributed by atoms with Crippen LogP contribution in [0.1, 0.15) is 24.1 Å². The highest BCUT2D eigenvalue weighted by Gasteiger charge is 2.12. The van der Waals surface area contributed by atoms with Crippen LogP contribution < -0.4 is 10.1 Å². The van der Waals surface area contributed by atoms with E-state index in [1.807, 2.05) is 31.2 Å². The standard InChI is InChI=1S/C16H14BrClN2O/c1-10(13-5-4-12(17)8-14(13)18)20-15-6-3-11(9-19)7-16(15)21-2/h3-8,10,20H,1-2H3. The summed E-state index contributed by atoms with van der Waals surface area (Å²) in [7, 11) is 1.58. The van der Waals surface area contributed by atoms with Crippen molar-refractivity contribution in [2.75, 3.05) is 12.4 Å². The second kappa shape index (κ2) is 6.84. The minimum Gasteiger partial charge on any atom is -0.495 e. The van der Waals surface area contributed by atoms with Gasteiger partial charge in [-0.15, -0.1) is 0 Å². The Labute approximate surface area is 137 Å². The van der Waals surface area contributed by atoms with E-state index < -0.39 is 0 Å². The van der Waals surface area contributed by atoms with E-state index in [4.69, 9.17) is 21.6 Å². The summed E-state index contributed by atoms with van der Waals surface area (Å²) < 4.78 is 6.26. The van der Waals surface area contributed by atoms with Crippen molar-refractivity contribution >= 4 is 33.2 Å². The maximum absolute atomic E-state index is 8.92. The minimum atomic E-state index is 0.00688. The van der Waals surface area contributed by atoms with Gasteiger partial charge in [0.25, 0.3) is 0 Å². The summed E-state index contributed by atoms with van der Waals surface area (Å²) in [4.78, 5) is 0. The van der Waals surface area contributed by atoms with E-state index in [2.05, 4.69) is 27.3 Å². The highest BCUT2D eigenvalue weighted by Crippen LogP contribution is 2.32. The van der Waals surface area contributed by atoms with Crippen LogP contribution in [0.2, 0.25) is 5.02 Å². The second-order valence-corrected chi connectivity index (χ2v) is 5.88. The molecule has 0 heterocycles. The maximum Gasteiger partial charge on any atom is 0.143 e. The fourth-order valence-electron chi connectivity index (χ4n) is 2.04. The average Bonchev–Trinajstić information content (AvgIpc) is 2.47. The van der Waals surface area contributed by atoms with Gasteiger partial charge in [-0.25, -0.2) is 0 Å². The zero-order valence-electron chi connectivity index (χ0n) is 11.7. The molecule has 3 nitrogen and oxygen atoms in total. The monoisotopic (exact) mass is 364 g/mol. The number of nitrogens with one attached hydrogen (secondary N) is 1. The van der Waals surface area contributed by atoms with Gasteiger partial charge in [0, 0.05) is 15.6 Å². The first kappa shape index (κ1) is 15.7. The summed E-state index contributed by atoms with van der Waals surface area (Å²) in [6.45, 7) is 2.02. The van der Waals surface area contributed by atoms with E-state index in [1.54, 1.807) is 19.2 Å². The number of hydrogen-bond acceptors (Lipinski definition) is 3. The molecule has 2 rings (SSSR count). The molecule has 0 aliphatic rings. The molecule has 108 valence electrons. The Kier molecular flexibility index (Phi) is 5.11. The molecular formula is C16H14BrClN2O. The van der Waals surface area contributed by atoms with Crippen LogP contribution >= 0.6 is 27.5 Å². The molecule has 1 unspecified atom stereocenters. The number of anilines is 1. The molecule has 5 heteroatoms. The van der Waals surface area contributed by atoms with Crippen molar-refractivity contribution in [1.82, 2.24) is 0 Å². The van der Waals surface area contributed by atoms with Crippen LogP contribution in [0.5, 0.6) is 5.75 Å². The number of nitrogens with zero attached hydrogens (tertiary/aromatic N) is 1. The largest absolute Gasteiger partial charge is 0.495 e. The highest BCUT2D eigenvalue weighted by molar-refractivity contribution is 9.10. The average molecular weight is 366 g/mol. The minimum absolute atomic E-state index is 0.00688. The molecule has 1 N–H and O–H groups in total. The lowest BCUT2D eigenvalue weighted by molar-refractivity contribution is 0.416. The van der Waals surface area contributed by atoms with Crippen molar-refractivity contribution in [3.8, 4) is 11.8 Å². The first-order valence-electron chi connectivity index (χ1n) is 6.34. The molecule has 21 heavy (non-hydrogen) atoms. The predicted molar refractivity (Wildman–Crippen MR) is 88.9 cm³/mol. The Balaban J connectivity index is 2.27. The number of benzene rings is 2. The summed E-state index contributed by atoms with van der Waals surface area (Å²) in [5.74, 6) is 0.633. The zero-order chi connectivity index (χ0) is 15.4. The summed E-state index contributed by atoms with van der Waals surface area (Å²) in [6.07, 6.45) is 0. The van der Waals surface area contributed by atoms with Crippen LogP contribution in [-0.4, -0.2) is 7.11 Å². The van der Waals surface area contributed by atoms with Gasteiger partial charge in [0.05, 0.1) is 30.5 Å². The van der Waals surface area contributed by atoms with Crippen LogP contribution in [0.3, 0.4) is 0 Å². The fraction of sp³-hybridized carbons (Fsp3) is 0.188. The molecule has 1 atom stereocenters. The van der Waals surface area contributed by atoms with Gasteiger partial charge in [-0.2, -0.15) is 5.26 Å². The van der Waals surface area contributed by atoms with E-state index in [1.165, 1.54) is 0 Å². The van der Waals surface area contributed by atoms with Crippen molar-refractivity contribution in [2.45, 2.75) is 13.0 Å². The molecule has 0 aliphatic heterocycles.